The molecular formula is C32H27F3O3. The summed E-state index contributed by atoms with van der Waals surface area (Å²) in [7, 11) is 0. The van der Waals surface area contributed by atoms with Crippen LogP contribution >= 0.6 is 0 Å². The molecule has 6 heteroatoms. The lowest BCUT2D eigenvalue weighted by Gasteiger charge is -2.12. The van der Waals surface area contributed by atoms with Crippen LogP contribution in [0.3, 0.4) is 0 Å². The Bertz CT molecular complexity index is 1440. The van der Waals surface area contributed by atoms with Gasteiger partial charge in [-0.25, -0.2) is 0 Å². The number of alkyl halides is 3. The number of ether oxygens (including phenoxy) is 1. The first-order valence-electron chi connectivity index (χ1n) is 12.3. The van der Waals surface area contributed by atoms with Crippen LogP contribution < -0.4 is 4.74 Å². The number of aryl methyl sites for hydroxylation is 1. The molecule has 1 unspecified atom stereocenters. The van der Waals surface area contributed by atoms with E-state index in [9.17, 15) is 22.8 Å². The highest BCUT2D eigenvalue weighted by molar-refractivity contribution is 6.09. The van der Waals surface area contributed by atoms with Crippen molar-refractivity contribution >= 4 is 11.8 Å². The van der Waals surface area contributed by atoms with Crippen LogP contribution in [0.25, 0.3) is 22.3 Å². The lowest BCUT2D eigenvalue weighted by molar-refractivity contribution is -0.138. The van der Waals surface area contributed by atoms with E-state index in [2.05, 4.69) is 0 Å². The highest BCUT2D eigenvalue weighted by atomic mass is 19.4. The van der Waals surface area contributed by atoms with Gasteiger partial charge in [0.1, 0.15) is 5.75 Å². The Labute approximate surface area is 219 Å². The van der Waals surface area contributed by atoms with Crippen molar-refractivity contribution in [2.75, 3.05) is 0 Å². The van der Waals surface area contributed by atoms with Gasteiger partial charge in [-0.15, -0.1) is 0 Å². The summed E-state index contributed by atoms with van der Waals surface area (Å²) in [4.78, 5) is 24.9. The summed E-state index contributed by atoms with van der Waals surface area (Å²) >= 11 is 0. The SMILES string of the molecule is CCC(C)C(=O)Oc1ccc(C(=O)c2ccc(-c3ccc(-c4ccc(C(F)(F)F)cc4)c(C)c3)cc2)cc1. The zero-order valence-corrected chi connectivity index (χ0v) is 21.3. The number of benzene rings is 4. The minimum atomic E-state index is -4.36. The molecule has 3 nitrogen and oxygen atoms in total. The number of carbonyl (C=O) groups excluding carboxylic acids is 2. The molecule has 0 radical (unpaired) electrons. The Morgan fingerprint density at radius 2 is 1.29 bits per heavy atom. The van der Waals surface area contributed by atoms with E-state index in [0.717, 1.165) is 34.4 Å². The van der Waals surface area contributed by atoms with Gasteiger partial charge in [0.2, 0.25) is 0 Å². The molecule has 0 N–H and O–H groups in total. The maximum absolute atomic E-state index is 12.9. The van der Waals surface area contributed by atoms with Crippen molar-refractivity contribution in [3.63, 3.8) is 0 Å². The lowest BCUT2D eigenvalue weighted by Crippen LogP contribution is -2.16. The fourth-order valence-corrected chi connectivity index (χ4v) is 4.04. The third kappa shape index (κ3) is 6.02. The van der Waals surface area contributed by atoms with Crippen LogP contribution in [0.2, 0.25) is 0 Å². The molecule has 0 heterocycles. The predicted molar refractivity (Wildman–Crippen MR) is 142 cm³/mol. The maximum Gasteiger partial charge on any atom is 0.416 e. The number of carbonyl (C=O) groups is 2. The molecule has 0 amide bonds. The average Bonchev–Trinajstić information content (AvgIpc) is 2.92. The van der Waals surface area contributed by atoms with Gasteiger partial charge in [-0.3, -0.25) is 9.59 Å². The molecule has 0 aliphatic heterocycles. The predicted octanol–water partition coefficient (Wildman–Crippen LogP) is 8.53. The smallest absolute Gasteiger partial charge is 0.416 e. The lowest BCUT2D eigenvalue weighted by atomic mass is 9.94. The molecule has 4 aromatic carbocycles. The van der Waals surface area contributed by atoms with Crippen molar-refractivity contribution in [1.82, 2.24) is 0 Å². The van der Waals surface area contributed by atoms with Crippen LogP contribution in [0.5, 0.6) is 5.75 Å². The highest BCUT2D eigenvalue weighted by Crippen LogP contribution is 2.33. The summed E-state index contributed by atoms with van der Waals surface area (Å²) in [6.45, 7) is 5.63. The Kier molecular flexibility index (Phi) is 7.81. The van der Waals surface area contributed by atoms with Gasteiger partial charge in [-0.1, -0.05) is 68.4 Å². The molecule has 194 valence electrons. The van der Waals surface area contributed by atoms with Gasteiger partial charge < -0.3 is 4.74 Å². The molecule has 0 spiro atoms. The Hall–Kier alpha value is -4.19. The molecule has 0 aromatic heterocycles. The maximum atomic E-state index is 12.9. The van der Waals surface area contributed by atoms with E-state index in [0.29, 0.717) is 28.9 Å². The van der Waals surface area contributed by atoms with Gasteiger partial charge in [0.05, 0.1) is 11.5 Å². The molecule has 0 saturated carbocycles. The van der Waals surface area contributed by atoms with Crippen LogP contribution in [0, 0.1) is 12.8 Å². The molecule has 4 aromatic rings. The van der Waals surface area contributed by atoms with E-state index >= 15 is 0 Å². The molecule has 1 atom stereocenters. The summed E-state index contributed by atoms with van der Waals surface area (Å²) in [6.07, 6.45) is -3.68. The van der Waals surface area contributed by atoms with Gasteiger partial charge in [-0.2, -0.15) is 13.2 Å². The summed E-state index contributed by atoms with van der Waals surface area (Å²) in [5, 5.41) is 0. The first-order chi connectivity index (χ1) is 18.1. The summed E-state index contributed by atoms with van der Waals surface area (Å²) in [5.74, 6) is -0.244. The van der Waals surface area contributed by atoms with Gasteiger partial charge in [-0.05, 0) is 77.6 Å². The van der Waals surface area contributed by atoms with E-state index in [1.54, 1.807) is 43.3 Å². The van der Waals surface area contributed by atoms with E-state index < -0.39 is 11.7 Å². The van der Waals surface area contributed by atoms with E-state index in [-0.39, 0.29) is 17.7 Å². The van der Waals surface area contributed by atoms with Crippen molar-refractivity contribution in [1.29, 1.82) is 0 Å². The number of hydrogen-bond acceptors (Lipinski definition) is 3. The van der Waals surface area contributed by atoms with Crippen LogP contribution in [0.4, 0.5) is 13.2 Å². The van der Waals surface area contributed by atoms with E-state index in [1.807, 2.05) is 44.2 Å². The molecular weight excluding hydrogens is 489 g/mol. The number of halogens is 3. The summed E-state index contributed by atoms with van der Waals surface area (Å²) < 4.78 is 44.0. The zero-order chi connectivity index (χ0) is 27.4. The Morgan fingerprint density at radius 1 is 0.763 bits per heavy atom. The molecule has 4 rings (SSSR count). The third-order valence-electron chi connectivity index (χ3n) is 6.58. The van der Waals surface area contributed by atoms with Crippen LogP contribution in [0.15, 0.2) is 91.0 Å². The molecule has 0 aliphatic rings. The highest BCUT2D eigenvalue weighted by Gasteiger charge is 2.30. The quantitative estimate of drug-likeness (QED) is 0.140. The minimum absolute atomic E-state index is 0.148. The van der Waals surface area contributed by atoms with Gasteiger partial charge in [0, 0.05) is 11.1 Å². The van der Waals surface area contributed by atoms with Crippen molar-refractivity contribution in [2.24, 2.45) is 5.92 Å². The second-order valence-corrected chi connectivity index (χ2v) is 9.27. The number of hydrogen-bond donors (Lipinski definition) is 0. The molecule has 0 fully saturated rings. The largest absolute Gasteiger partial charge is 0.426 e. The molecule has 38 heavy (non-hydrogen) atoms. The van der Waals surface area contributed by atoms with Crippen molar-refractivity contribution in [2.45, 2.75) is 33.4 Å². The third-order valence-corrected chi connectivity index (χ3v) is 6.58. The minimum Gasteiger partial charge on any atom is -0.426 e. The van der Waals surface area contributed by atoms with Crippen LogP contribution in [0.1, 0.15) is 47.3 Å². The van der Waals surface area contributed by atoms with Gasteiger partial charge >= 0.3 is 12.1 Å². The Balaban J connectivity index is 1.47. The topological polar surface area (TPSA) is 43.4 Å². The van der Waals surface area contributed by atoms with E-state index in [1.165, 1.54) is 12.1 Å². The van der Waals surface area contributed by atoms with Crippen molar-refractivity contribution in [3.8, 4) is 28.0 Å². The number of esters is 1. The fraction of sp³-hybridized carbons (Fsp3) is 0.188. The van der Waals surface area contributed by atoms with Crippen LogP contribution in [-0.4, -0.2) is 11.8 Å². The normalized spacial score (nSPS) is 12.2. The second-order valence-electron chi connectivity index (χ2n) is 9.27. The van der Waals surface area contributed by atoms with Crippen molar-refractivity contribution < 1.29 is 27.5 Å². The first kappa shape index (κ1) is 26.9. The molecule has 0 saturated heterocycles. The summed E-state index contributed by atoms with van der Waals surface area (Å²) in [6, 6.07) is 24.7. The van der Waals surface area contributed by atoms with Gasteiger partial charge in [0.15, 0.2) is 5.78 Å². The van der Waals surface area contributed by atoms with E-state index in [4.69, 9.17) is 4.74 Å². The summed E-state index contributed by atoms with van der Waals surface area (Å²) in [5.41, 5.74) is 4.67. The zero-order valence-electron chi connectivity index (χ0n) is 21.3. The van der Waals surface area contributed by atoms with Gasteiger partial charge in [0.25, 0.3) is 0 Å². The van der Waals surface area contributed by atoms with Crippen LogP contribution in [-0.2, 0) is 11.0 Å². The first-order valence-corrected chi connectivity index (χ1v) is 12.3. The Morgan fingerprint density at radius 3 is 1.82 bits per heavy atom. The average molecular weight is 517 g/mol. The molecule has 0 bridgehead atoms. The second kappa shape index (κ2) is 11.1. The standard InChI is InChI=1S/C32H27F3O3/c1-4-20(2)31(37)38-28-16-11-25(12-17-28)30(36)24-7-5-22(6-8-24)26-13-18-29(21(3)19-26)23-9-14-27(15-10-23)32(33,34)35/h5-20H,4H2,1-3H3. The molecule has 0 aliphatic carbocycles. The van der Waals surface area contributed by atoms with Crippen molar-refractivity contribution in [3.05, 3.63) is 113 Å². The number of rotatable bonds is 7. The number of ketones is 1. The fourth-order valence-electron chi connectivity index (χ4n) is 4.04. The monoisotopic (exact) mass is 516 g/mol.